The van der Waals surface area contributed by atoms with Crippen LogP contribution in [0.15, 0.2) is 40.1 Å². The SMILES string of the molecule is Cc1cccc2cc(C(=O)C3CCCc4sccc43)oc12. The number of hydrogen-bond acceptors (Lipinski definition) is 3. The van der Waals surface area contributed by atoms with Crippen molar-refractivity contribution in [3.05, 3.63) is 57.5 Å². The van der Waals surface area contributed by atoms with Crippen molar-refractivity contribution in [1.82, 2.24) is 0 Å². The van der Waals surface area contributed by atoms with Gasteiger partial charge >= 0.3 is 0 Å². The first-order chi connectivity index (χ1) is 10.2. The molecule has 106 valence electrons. The van der Waals surface area contributed by atoms with E-state index in [1.54, 1.807) is 11.3 Å². The van der Waals surface area contributed by atoms with E-state index in [0.717, 1.165) is 35.8 Å². The zero-order valence-electron chi connectivity index (χ0n) is 11.9. The molecule has 1 atom stereocenters. The van der Waals surface area contributed by atoms with Crippen LogP contribution in [0.4, 0.5) is 0 Å². The van der Waals surface area contributed by atoms with Gasteiger partial charge in [-0.15, -0.1) is 11.3 Å². The quantitative estimate of drug-likeness (QED) is 0.615. The van der Waals surface area contributed by atoms with Crippen LogP contribution < -0.4 is 0 Å². The fourth-order valence-corrected chi connectivity index (χ4v) is 4.25. The van der Waals surface area contributed by atoms with E-state index < -0.39 is 0 Å². The van der Waals surface area contributed by atoms with Gasteiger partial charge in [0.15, 0.2) is 5.76 Å². The van der Waals surface area contributed by atoms with Gasteiger partial charge < -0.3 is 4.42 Å². The molecular weight excluding hydrogens is 280 g/mol. The lowest BCUT2D eigenvalue weighted by atomic mass is 9.84. The van der Waals surface area contributed by atoms with Crippen LogP contribution in [0.5, 0.6) is 0 Å². The molecular formula is C18H16O2S. The first-order valence-corrected chi connectivity index (χ1v) is 8.21. The summed E-state index contributed by atoms with van der Waals surface area (Å²) in [6.45, 7) is 2.01. The van der Waals surface area contributed by atoms with Gasteiger partial charge in [-0.1, -0.05) is 18.2 Å². The molecule has 3 aromatic rings. The molecule has 0 radical (unpaired) electrons. The summed E-state index contributed by atoms with van der Waals surface area (Å²) in [5.74, 6) is 0.606. The molecule has 1 unspecified atom stereocenters. The Bertz CT molecular complexity index is 825. The van der Waals surface area contributed by atoms with Gasteiger partial charge in [0.1, 0.15) is 5.58 Å². The maximum Gasteiger partial charge on any atom is 0.205 e. The summed E-state index contributed by atoms with van der Waals surface area (Å²) in [4.78, 5) is 14.2. The van der Waals surface area contributed by atoms with Gasteiger partial charge in [-0.2, -0.15) is 0 Å². The average molecular weight is 296 g/mol. The zero-order chi connectivity index (χ0) is 14.4. The lowest BCUT2D eigenvalue weighted by Crippen LogP contribution is -2.16. The molecule has 1 aromatic carbocycles. The molecule has 0 saturated heterocycles. The van der Waals surface area contributed by atoms with Crippen LogP contribution in [0.25, 0.3) is 11.0 Å². The van der Waals surface area contributed by atoms with Crippen LogP contribution in [-0.4, -0.2) is 5.78 Å². The van der Waals surface area contributed by atoms with E-state index in [0.29, 0.717) is 5.76 Å². The van der Waals surface area contributed by atoms with E-state index >= 15 is 0 Å². The van der Waals surface area contributed by atoms with E-state index in [4.69, 9.17) is 4.42 Å². The average Bonchev–Trinajstić information content (AvgIpc) is 3.13. The summed E-state index contributed by atoms with van der Waals surface area (Å²) in [5.41, 5.74) is 3.13. The molecule has 1 aliphatic carbocycles. The molecule has 0 aliphatic heterocycles. The van der Waals surface area contributed by atoms with Crippen LogP contribution in [0, 0.1) is 6.92 Å². The lowest BCUT2D eigenvalue weighted by Gasteiger charge is -2.20. The minimum atomic E-state index is -0.0270. The van der Waals surface area contributed by atoms with E-state index in [1.807, 2.05) is 31.2 Å². The van der Waals surface area contributed by atoms with Gasteiger partial charge in [0, 0.05) is 10.3 Å². The predicted molar refractivity (Wildman–Crippen MR) is 85.3 cm³/mol. The van der Waals surface area contributed by atoms with E-state index in [9.17, 15) is 4.79 Å². The molecule has 2 nitrogen and oxygen atoms in total. The van der Waals surface area contributed by atoms with E-state index in [1.165, 1.54) is 10.4 Å². The molecule has 0 amide bonds. The third-order valence-electron chi connectivity index (χ3n) is 4.35. The standard InChI is InChI=1S/C18H16O2S/c1-11-4-2-5-12-10-15(20-18(11)12)17(19)14-6-3-7-16-13(14)8-9-21-16/h2,4-5,8-10,14H,3,6-7H2,1H3. The highest BCUT2D eigenvalue weighted by Crippen LogP contribution is 2.37. The number of fused-ring (bicyclic) bond motifs is 2. The van der Waals surface area contributed by atoms with Gasteiger partial charge in [0.05, 0.1) is 5.92 Å². The number of thiophene rings is 1. The number of benzene rings is 1. The van der Waals surface area contributed by atoms with Gasteiger partial charge in [0.25, 0.3) is 0 Å². The van der Waals surface area contributed by atoms with Crippen LogP contribution in [0.2, 0.25) is 0 Å². The molecule has 2 aromatic heterocycles. The third-order valence-corrected chi connectivity index (χ3v) is 5.35. The van der Waals surface area contributed by atoms with Crippen LogP contribution in [0.3, 0.4) is 0 Å². The van der Waals surface area contributed by atoms with Crippen molar-refractivity contribution in [1.29, 1.82) is 0 Å². The number of carbonyl (C=O) groups excluding carboxylic acids is 1. The summed E-state index contributed by atoms with van der Waals surface area (Å²) in [5, 5.41) is 3.11. The monoisotopic (exact) mass is 296 g/mol. The van der Waals surface area contributed by atoms with Crippen molar-refractivity contribution >= 4 is 28.1 Å². The first kappa shape index (κ1) is 12.8. The van der Waals surface area contributed by atoms with Crippen LogP contribution in [-0.2, 0) is 6.42 Å². The number of furan rings is 1. The number of carbonyl (C=O) groups is 1. The molecule has 0 fully saturated rings. The van der Waals surface area contributed by atoms with Crippen molar-refractivity contribution in [3.8, 4) is 0 Å². The molecule has 0 N–H and O–H groups in total. The molecule has 0 saturated carbocycles. The number of rotatable bonds is 2. The topological polar surface area (TPSA) is 30.2 Å². The van der Waals surface area contributed by atoms with Crippen molar-refractivity contribution in [3.63, 3.8) is 0 Å². The third kappa shape index (κ3) is 2.04. The van der Waals surface area contributed by atoms with Gasteiger partial charge in [-0.3, -0.25) is 4.79 Å². The minimum absolute atomic E-state index is 0.0270. The number of ketones is 1. The fraction of sp³-hybridized carbons (Fsp3) is 0.278. The summed E-state index contributed by atoms with van der Waals surface area (Å²) in [6, 6.07) is 10.0. The van der Waals surface area contributed by atoms with Crippen molar-refractivity contribution in [2.75, 3.05) is 0 Å². The lowest BCUT2D eigenvalue weighted by molar-refractivity contribution is 0.0926. The second-order valence-corrected chi connectivity index (χ2v) is 6.71. The zero-order valence-corrected chi connectivity index (χ0v) is 12.7. The molecule has 2 heterocycles. The molecule has 0 spiro atoms. The minimum Gasteiger partial charge on any atom is -0.453 e. The second-order valence-electron chi connectivity index (χ2n) is 5.71. The summed E-state index contributed by atoms with van der Waals surface area (Å²) in [7, 11) is 0. The fourth-order valence-electron chi connectivity index (χ4n) is 3.26. The summed E-state index contributed by atoms with van der Waals surface area (Å²) < 4.78 is 5.86. The van der Waals surface area contributed by atoms with Gasteiger partial charge in [-0.05, 0) is 54.8 Å². The molecule has 1 aliphatic rings. The number of hydrogen-bond donors (Lipinski definition) is 0. The Balaban J connectivity index is 1.76. The molecule has 0 bridgehead atoms. The van der Waals surface area contributed by atoms with Crippen molar-refractivity contribution in [2.24, 2.45) is 0 Å². The maximum absolute atomic E-state index is 12.9. The maximum atomic E-state index is 12.9. The van der Waals surface area contributed by atoms with E-state index in [-0.39, 0.29) is 11.7 Å². The Morgan fingerprint density at radius 1 is 1.33 bits per heavy atom. The molecule has 4 rings (SSSR count). The van der Waals surface area contributed by atoms with Crippen LogP contribution in [0.1, 0.15) is 45.3 Å². The summed E-state index contributed by atoms with van der Waals surface area (Å²) in [6.07, 6.45) is 3.12. The van der Waals surface area contributed by atoms with E-state index in [2.05, 4.69) is 11.4 Å². The van der Waals surface area contributed by atoms with Crippen molar-refractivity contribution in [2.45, 2.75) is 32.1 Å². The van der Waals surface area contributed by atoms with Crippen molar-refractivity contribution < 1.29 is 9.21 Å². The highest BCUT2D eigenvalue weighted by atomic mass is 32.1. The largest absolute Gasteiger partial charge is 0.453 e. The molecule has 21 heavy (non-hydrogen) atoms. The smallest absolute Gasteiger partial charge is 0.205 e. The Labute approximate surface area is 127 Å². The predicted octanol–water partition coefficient (Wildman–Crippen LogP) is 5.11. The summed E-state index contributed by atoms with van der Waals surface area (Å²) >= 11 is 1.77. The number of Topliss-reactive ketones (excluding diaryl/α,β-unsaturated/α-hetero) is 1. The van der Waals surface area contributed by atoms with Gasteiger partial charge in [-0.25, -0.2) is 0 Å². The Morgan fingerprint density at radius 2 is 2.24 bits per heavy atom. The van der Waals surface area contributed by atoms with Gasteiger partial charge in [0.2, 0.25) is 5.78 Å². The first-order valence-electron chi connectivity index (χ1n) is 7.33. The van der Waals surface area contributed by atoms with Crippen LogP contribution >= 0.6 is 11.3 Å². The Morgan fingerprint density at radius 3 is 3.10 bits per heavy atom. The Hall–Kier alpha value is -1.87. The Kier molecular flexibility index (Phi) is 2.96. The normalized spacial score (nSPS) is 17.9. The molecule has 3 heteroatoms. The number of para-hydroxylation sites is 1. The second kappa shape index (κ2) is 4.85. The highest BCUT2D eigenvalue weighted by molar-refractivity contribution is 7.10. The number of aryl methyl sites for hydroxylation is 2. The highest BCUT2D eigenvalue weighted by Gasteiger charge is 2.30.